The maximum absolute atomic E-state index is 13.2. The molecule has 0 bridgehead atoms. The molecule has 2 aromatic carbocycles. The van der Waals surface area contributed by atoms with Crippen LogP contribution in [0.5, 0.6) is 11.5 Å². The lowest BCUT2D eigenvalue weighted by Crippen LogP contribution is -2.48. The molecule has 3 aliphatic heterocycles. The Labute approximate surface area is 208 Å². The number of nitrogens with two attached hydrogens (primary N) is 1. The van der Waals surface area contributed by atoms with Crippen molar-refractivity contribution in [2.75, 3.05) is 19.9 Å². The molecule has 2 atom stereocenters. The van der Waals surface area contributed by atoms with Gasteiger partial charge in [-0.2, -0.15) is 5.06 Å². The van der Waals surface area contributed by atoms with Crippen LogP contribution in [0.4, 0.5) is 4.79 Å². The third-order valence-electron chi connectivity index (χ3n) is 6.38. The number of carbonyl (C=O) groups is 3. The third-order valence-corrected chi connectivity index (χ3v) is 6.38. The second-order valence-corrected chi connectivity index (χ2v) is 8.80. The fraction of sp³-hybridized carbons (Fsp3) is 0.346. The highest BCUT2D eigenvalue weighted by Crippen LogP contribution is 2.37. The second kappa shape index (κ2) is 10.3. The SMILES string of the molecule is NC(=O)c1ccc(COC(=O)N2OC(C(=O)N3CCCCC3)C=CC2c2ccc3c(c2)OCO3)cc1. The van der Waals surface area contributed by atoms with E-state index in [0.29, 0.717) is 41.3 Å². The fourth-order valence-electron chi connectivity index (χ4n) is 4.40. The highest BCUT2D eigenvalue weighted by atomic mass is 16.7. The van der Waals surface area contributed by atoms with Gasteiger partial charge >= 0.3 is 6.09 Å². The van der Waals surface area contributed by atoms with Crippen LogP contribution in [0, 0.1) is 0 Å². The van der Waals surface area contributed by atoms with Gasteiger partial charge in [-0.05, 0) is 60.7 Å². The van der Waals surface area contributed by atoms with E-state index in [1.54, 1.807) is 53.5 Å². The standard InChI is InChI=1S/C26H27N3O7/c27-24(30)18-6-4-17(5-7-18)15-33-26(32)29-20(19-8-10-21-23(14-19)35-16-34-21)9-11-22(36-29)25(31)28-12-2-1-3-13-28/h4-11,14,20,22H,1-3,12-13,15-16H2,(H2,27,30). The zero-order chi connectivity index (χ0) is 25.1. The van der Waals surface area contributed by atoms with Gasteiger partial charge in [-0.15, -0.1) is 0 Å². The first-order valence-electron chi connectivity index (χ1n) is 11.9. The molecule has 1 saturated heterocycles. The van der Waals surface area contributed by atoms with Crippen molar-refractivity contribution in [3.05, 3.63) is 71.3 Å². The van der Waals surface area contributed by atoms with E-state index in [-0.39, 0.29) is 19.3 Å². The van der Waals surface area contributed by atoms with Crippen molar-refractivity contribution in [2.24, 2.45) is 5.73 Å². The molecule has 0 aromatic heterocycles. The molecule has 3 aliphatic rings. The number of hydroxylamine groups is 2. The van der Waals surface area contributed by atoms with Crippen molar-refractivity contribution in [1.29, 1.82) is 0 Å². The van der Waals surface area contributed by atoms with Gasteiger partial charge in [-0.25, -0.2) is 9.63 Å². The Morgan fingerprint density at radius 2 is 1.69 bits per heavy atom. The molecular weight excluding hydrogens is 466 g/mol. The molecule has 2 aromatic rings. The Balaban J connectivity index is 1.35. The van der Waals surface area contributed by atoms with Gasteiger partial charge in [0.05, 0.1) is 0 Å². The molecule has 5 rings (SSSR count). The van der Waals surface area contributed by atoms with Crippen molar-refractivity contribution >= 4 is 17.9 Å². The van der Waals surface area contributed by atoms with Gasteiger partial charge in [0.1, 0.15) is 12.6 Å². The number of amides is 3. The van der Waals surface area contributed by atoms with Gasteiger partial charge in [0.2, 0.25) is 12.7 Å². The van der Waals surface area contributed by atoms with Crippen LogP contribution in [-0.2, 0) is 21.0 Å². The van der Waals surface area contributed by atoms with Crippen LogP contribution in [0.15, 0.2) is 54.6 Å². The molecule has 0 radical (unpaired) electrons. The molecule has 3 heterocycles. The minimum atomic E-state index is -0.934. The van der Waals surface area contributed by atoms with Crippen molar-refractivity contribution in [2.45, 2.75) is 38.0 Å². The first-order valence-corrected chi connectivity index (χ1v) is 11.9. The summed E-state index contributed by atoms with van der Waals surface area (Å²) in [6.07, 6.45) is 4.74. The van der Waals surface area contributed by atoms with Gasteiger partial charge in [-0.1, -0.05) is 24.3 Å². The molecule has 2 N–H and O–H groups in total. The van der Waals surface area contributed by atoms with Crippen LogP contribution in [-0.4, -0.2) is 53.9 Å². The first-order chi connectivity index (χ1) is 17.5. The lowest BCUT2D eigenvalue weighted by Gasteiger charge is -2.36. The molecule has 10 heteroatoms. The number of rotatable bonds is 5. The zero-order valence-electron chi connectivity index (χ0n) is 19.6. The first kappa shape index (κ1) is 23.7. The molecule has 1 fully saturated rings. The summed E-state index contributed by atoms with van der Waals surface area (Å²) in [5.41, 5.74) is 7.01. The summed E-state index contributed by atoms with van der Waals surface area (Å²) in [7, 11) is 0. The number of hydrogen-bond acceptors (Lipinski definition) is 7. The van der Waals surface area contributed by atoms with Crippen LogP contribution >= 0.6 is 0 Å². The van der Waals surface area contributed by atoms with Gasteiger partial charge in [0.25, 0.3) is 5.91 Å². The quantitative estimate of drug-likeness (QED) is 0.636. The number of ether oxygens (including phenoxy) is 3. The second-order valence-electron chi connectivity index (χ2n) is 8.80. The molecule has 0 spiro atoms. The number of benzene rings is 2. The smallest absolute Gasteiger partial charge is 0.435 e. The van der Waals surface area contributed by atoms with Crippen LogP contribution in [0.1, 0.15) is 46.8 Å². The minimum absolute atomic E-state index is 0.0555. The van der Waals surface area contributed by atoms with Gasteiger partial charge in [0.15, 0.2) is 17.6 Å². The van der Waals surface area contributed by atoms with E-state index in [0.717, 1.165) is 24.3 Å². The number of nitrogens with zero attached hydrogens (tertiary/aromatic N) is 2. The number of primary amides is 1. The van der Waals surface area contributed by atoms with E-state index < -0.39 is 24.1 Å². The molecule has 0 aliphatic carbocycles. The summed E-state index contributed by atoms with van der Waals surface area (Å²) in [6, 6.07) is 11.1. The Morgan fingerprint density at radius 1 is 0.944 bits per heavy atom. The van der Waals surface area contributed by atoms with Crippen molar-refractivity contribution in [1.82, 2.24) is 9.96 Å². The summed E-state index contributed by atoms with van der Waals surface area (Å²) in [6.45, 7) is 1.41. The summed E-state index contributed by atoms with van der Waals surface area (Å²) in [4.78, 5) is 45.3. The van der Waals surface area contributed by atoms with E-state index in [2.05, 4.69) is 0 Å². The van der Waals surface area contributed by atoms with Crippen molar-refractivity contribution < 1.29 is 33.4 Å². The molecule has 0 saturated carbocycles. The topological polar surface area (TPSA) is 121 Å². The molecule has 188 valence electrons. The number of carbonyl (C=O) groups excluding carboxylic acids is 3. The molecule has 36 heavy (non-hydrogen) atoms. The number of fused-ring (bicyclic) bond motifs is 1. The van der Waals surface area contributed by atoms with Crippen molar-refractivity contribution in [3.8, 4) is 11.5 Å². The van der Waals surface area contributed by atoms with Gasteiger partial charge in [0, 0.05) is 18.7 Å². The highest BCUT2D eigenvalue weighted by Gasteiger charge is 2.37. The van der Waals surface area contributed by atoms with E-state index >= 15 is 0 Å². The largest absolute Gasteiger partial charge is 0.454 e. The normalized spacial score (nSPS) is 20.8. The Hall–Kier alpha value is -4.05. The maximum Gasteiger partial charge on any atom is 0.435 e. The maximum atomic E-state index is 13.2. The zero-order valence-corrected chi connectivity index (χ0v) is 19.6. The van der Waals surface area contributed by atoms with E-state index in [1.807, 2.05) is 6.07 Å². The van der Waals surface area contributed by atoms with Crippen LogP contribution in [0.3, 0.4) is 0 Å². The number of likely N-dealkylation sites (tertiary alicyclic amines) is 1. The summed E-state index contributed by atoms with van der Waals surface area (Å²) in [5.74, 6) is 0.458. The molecular formula is C26H27N3O7. The van der Waals surface area contributed by atoms with Crippen LogP contribution < -0.4 is 15.2 Å². The number of piperidine rings is 1. The molecule has 3 amide bonds. The third kappa shape index (κ3) is 4.99. The summed E-state index contributed by atoms with van der Waals surface area (Å²) < 4.78 is 16.4. The fourth-order valence-corrected chi connectivity index (χ4v) is 4.40. The lowest BCUT2D eigenvalue weighted by molar-refractivity contribution is -0.196. The van der Waals surface area contributed by atoms with Crippen molar-refractivity contribution in [3.63, 3.8) is 0 Å². The Bertz CT molecular complexity index is 1170. The predicted octanol–water partition coefficient (Wildman–Crippen LogP) is 3.08. The Kier molecular flexibility index (Phi) is 6.77. The molecule has 10 nitrogen and oxygen atoms in total. The van der Waals surface area contributed by atoms with E-state index in [1.165, 1.54) is 0 Å². The van der Waals surface area contributed by atoms with E-state index in [9.17, 15) is 14.4 Å². The Morgan fingerprint density at radius 3 is 2.44 bits per heavy atom. The average Bonchev–Trinajstić information content (AvgIpc) is 3.40. The van der Waals surface area contributed by atoms with Gasteiger partial charge < -0.3 is 24.8 Å². The monoisotopic (exact) mass is 493 g/mol. The average molecular weight is 494 g/mol. The lowest BCUT2D eigenvalue weighted by atomic mass is 10.0. The number of hydrogen-bond donors (Lipinski definition) is 1. The summed E-state index contributed by atoms with van der Waals surface area (Å²) >= 11 is 0. The van der Waals surface area contributed by atoms with E-state index in [4.69, 9.17) is 24.8 Å². The van der Waals surface area contributed by atoms with Crippen LogP contribution in [0.2, 0.25) is 0 Å². The summed E-state index contributed by atoms with van der Waals surface area (Å²) in [5, 5.41) is 1.09. The van der Waals surface area contributed by atoms with Gasteiger partial charge in [-0.3, -0.25) is 9.59 Å². The van der Waals surface area contributed by atoms with Crippen LogP contribution in [0.25, 0.3) is 0 Å². The molecule has 2 unspecified atom stereocenters. The predicted molar refractivity (Wildman–Crippen MR) is 127 cm³/mol. The highest BCUT2D eigenvalue weighted by molar-refractivity contribution is 5.92. The minimum Gasteiger partial charge on any atom is -0.454 e.